The van der Waals surface area contributed by atoms with Gasteiger partial charge < -0.3 is 14.5 Å². The van der Waals surface area contributed by atoms with E-state index in [0.717, 1.165) is 30.6 Å². The van der Waals surface area contributed by atoms with Crippen LogP contribution in [0.5, 0.6) is 0 Å². The van der Waals surface area contributed by atoms with Gasteiger partial charge in [-0.05, 0) is 48.7 Å². The summed E-state index contributed by atoms with van der Waals surface area (Å²) in [5, 5.41) is 3.34. The van der Waals surface area contributed by atoms with Crippen molar-refractivity contribution in [2.24, 2.45) is 0 Å². The van der Waals surface area contributed by atoms with E-state index in [9.17, 15) is 9.59 Å². The third-order valence-corrected chi connectivity index (χ3v) is 5.18. The predicted octanol–water partition coefficient (Wildman–Crippen LogP) is 4.91. The van der Waals surface area contributed by atoms with Crippen molar-refractivity contribution in [3.8, 4) is 0 Å². The van der Waals surface area contributed by atoms with Crippen LogP contribution in [0.4, 0.5) is 15.3 Å². The molecule has 0 unspecified atom stereocenters. The van der Waals surface area contributed by atoms with Crippen molar-refractivity contribution in [2.75, 3.05) is 25.5 Å². The van der Waals surface area contributed by atoms with Crippen LogP contribution in [0.2, 0.25) is 5.02 Å². The molecule has 1 N–H and O–H groups in total. The largest absolute Gasteiger partial charge is 0.444 e. The summed E-state index contributed by atoms with van der Waals surface area (Å²) in [6, 6.07) is 14.5. The van der Waals surface area contributed by atoms with Crippen molar-refractivity contribution in [1.82, 2.24) is 9.80 Å². The monoisotopic (exact) mass is 401 g/mol. The van der Waals surface area contributed by atoms with Gasteiger partial charge in [0.05, 0.1) is 6.04 Å². The highest BCUT2D eigenvalue weighted by molar-refractivity contribution is 6.30. The molecule has 0 aromatic heterocycles. The standard InChI is InChI=1S/C21H24ClN3O3/c1-15(24(2)21(27)25-12-3-13-25)17-6-10-19(11-7-17)23-20(26)28-14-16-4-8-18(22)9-5-16/h4-11,15H,3,12-14H2,1-2H3,(H,23,26)/t15-/m0/s1. The van der Waals surface area contributed by atoms with Crippen molar-refractivity contribution >= 4 is 29.4 Å². The summed E-state index contributed by atoms with van der Waals surface area (Å²) < 4.78 is 5.21. The lowest BCUT2D eigenvalue weighted by Gasteiger charge is -2.37. The third-order valence-electron chi connectivity index (χ3n) is 4.93. The van der Waals surface area contributed by atoms with Gasteiger partial charge in [0, 0.05) is 30.8 Å². The maximum absolute atomic E-state index is 12.3. The minimum atomic E-state index is -0.527. The number of benzene rings is 2. The molecule has 0 aliphatic carbocycles. The molecule has 1 fully saturated rings. The van der Waals surface area contributed by atoms with E-state index in [1.807, 2.05) is 43.1 Å². The molecule has 0 saturated carbocycles. The van der Waals surface area contributed by atoms with Crippen LogP contribution in [0, 0.1) is 0 Å². The zero-order valence-corrected chi connectivity index (χ0v) is 16.8. The molecule has 0 radical (unpaired) electrons. The van der Waals surface area contributed by atoms with Gasteiger partial charge in [-0.1, -0.05) is 35.9 Å². The lowest BCUT2D eigenvalue weighted by Crippen LogP contribution is -2.48. The van der Waals surface area contributed by atoms with E-state index < -0.39 is 6.09 Å². The predicted molar refractivity (Wildman–Crippen MR) is 109 cm³/mol. The Morgan fingerprint density at radius 3 is 2.36 bits per heavy atom. The van der Waals surface area contributed by atoms with Gasteiger partial charge in [0.1, 0.15) is 6.61 Å². The molecule has 28 heavy (non-hydrogen) atoms. The van der Waals surface area contributed by atoms with E-state index in [4.69, 9.17) is 16.3 Å². The molecule has 7 heteroatoms. The number of amides is 3. The number of nitrogens with one attached hydrogen (secondary N) is 1. The van der Waals surface area contributed by atoms with Gasteiger partial charge in [0.25, 0.3) is 0 Å². The molecule has 3 rings (SSSR count). The average Bonchev–Trinajstić information content (AvgIpc) is 2.65. The molecule has 1 heterocycles. The molecule has 6 nitrogen and oxygen atoms in total. The molecule has 1 aliphatic heterocycles. The average molecular weight is 402 g/mol. The minimum Gasteiger partial charge on any atom is -0.444 e. The van der Waals surface area contributed by atoms with Crippen LogP contribution < -0.4 is 5.32 Å². The van der Waals surface area contributed by atoms with Gasteiger partial charge in [-0.15, -0.1) is 0 Å². The van der Waals surface area contributed by atoms with Gasteiger partial charge in [0.15, 0.2) is 0 Å². The quantitative estimate of drug-likeness (QED) is 0.774. The second kappa shape index (κ2) is 8.97. The molecule has 0 bridgehead atoms. The normalized spacial score (nSPS) is 14.0. The molecule has 1 saturated heterocycles. The van der Waals surface area contributed by atoms with E-state index in [-0.39, 0.29) is 18.7 Å². The molecular weight excluding hydrogens is 378 g/mol. The Labute approximate surface area is 170 Å². The number of carbonyl (C=O) groups is 2. The second-order valence-corrected chi connectivity index (χ2v) is 7.30. The highest BCUT2D eigenvalue weighted by Crippen LogP contribution is 2.23. The van der Waals surface area contributed by atoms with E-state index in [0.29, 0.717) is 10.7 Å². The number of likely N-dealkylation sites (tertiary alicyclic amines) is 1. The maximum Gasteiger partial charge on any atom is 0.411 e. The second-order valence-electron chi connectivity index (χ2n) is 6.86. The van der Waals surface area contributed by atoms with E-state index in [1.165, 1.54) is 0 Å². The van der Waals surface area contributed by atoms with Crippen molar-refractivity contribution in [1.29, 1.82) is 0 Å². The van der Waals surface area contributed by atoms with Gasteiger partial charge >= 0.3 is 12.1 Å². The zero-order chi connectivity index (χ0) is 20.1. The van der Waals surface area contributed by atoms with Crippen molar-refractivity contribution < 1.29 is 14.3 Å². The lowest BCUT2D eigenvalue weighted by atomic mass is 10.1. The summed E-state index contributed by atoms with van der Waals surface area (Å²) in [5.41, 5.74) is 2.49. The number of carbonyl (C=O) groups excluding carboxylic acids is 2. The number of nitrogens with zero attached hydrogens (tertiary/aromatic N) is 2. The van der Waals surface area contributed by atoms with Gasteiger partial charge in [-0.3, -0.25) is 5.32 Å². The Kier molecular flexibility index (Phi) is 6.41. The minimum absolute atomic E-state index is 0.0479. The third kappa shape index (κ3) is 4.95. The van der Waals surface area contributed by atoms with Gasteiger partial charge in [-0.25, -0.2) is 9.59 Å². The van der Waals surface area contributed by atoms with Crippen LogP contribution in [0.25, 0.3) is 0 Å². The summed E-state index contributed by atoms with van der Waals surface area (Å²) in [6.45, 7) is 3.82. The van der Waals surface area contributed by atoms with Crippen LogP contribution >= 0.6 is 11.6 Å². The molecule has 148 valence electrons. The Hall–Kier alpha value is -2.73. The topological polar surface area (TPSA) is 61.9 Å². The number of urea groups is 1. The molecule has 1 atom stereocenters. The van der Waals surface area contributed by atoms with Gasteiger partial charge in [0.2, 0.25) is 0 Å². The summed E-state index contributed by atoms with van der Waals surface area (Å²) >= 11 is 5.83. The first kappa shape index (κ1) is 20.0. The number of rotatable bonds is 5. The first-order valence-corrected chi connectivity index (χ1v) is 9.62. The number of hydrogen-bond donors (Lipinski definition) is 1. The van der Waals surface area contributed by atoms with Crippen LogP contribution in [0.1, 0.15) is 30.5 Å². The molecule has 1 aliphatic rings. The Balaban J connectivity index is 1.51. The smallest absolute Gasteiger partial charge is 0.411 e. The summed E-state index contributed by atoms with van der Waals surface area (Å²) in [6.07, 6.45) is 0.545. The van der Waals surface area contributed by atoms with E-state index in [1.54, 1.807) is 29.2 Å². The number of ether oxygens (including phenoxy) is 1. The molecular formula is C21H24ClN3O3. The van der Waals surface area contributed by atoms with Crippen molar-refractivity contribution in [2.45, 2.75) is 26.0 Å². The molecule has 2 aromatic carbocycles. The van der Waals surface area contributed by atoms with E-state index >= 15 is 0 Å². The van der Waals surface area contributed by atoms with E-state index in [2.05, 4.69) is 5.32 Å². The Morgan fingerprint density at radius 1 is 1.14 bits per heavy atom. The van der Waals surface area contributed by atoms with Crippen molar-refractivity contribution in [3.63, 3.8) is 0 Å². The fourth-order valence-corrected chi connectivity index (χ4v) is 2.97. The SMILES string of the molecule is C[C@@H](c1ccc(NC(=O)OCc2ccc(Cl)cc2)cc1)N(C)C(=O)N1CCC1. The number of halogens is 1. The van der Waals surface area contributed by atoms with Crippen LogP contribution in [-0.4, -0.2) is 42.1 Å². The fraction of sp³-hybridized carbons (Fsp3) is 0.333. The summed E-state index contributed by atoms with van der Waals surface area (Å²) in [7, 11) is 1.81. The highest BCUT2D eigenvalue weighted by Gasteiger charge is 2.26. The Bertz CT molecular complexity index is 820. The summed E-state index contributed by atoms with van der Waals surface area (Å²) in [4.78, 5) is 27.9. The molecule has 3 amide bonds. The van der Waals surface area contributed by atoms with Crippen LogP contribution in [-0.2, 0) is 11.3 Å². The molecule has 2 aromatic rings. The number of anilines is 1. The first-order chi connectivity index (χ1) is 13.4. The maximum atomic E-state index is 12.3. The number of hydrogen-bond acceptors (Lipinski definition) is 3. The first-order valence-electron chi connectivity index (χ1n) is 9.24. The summed E-state index contributed by atoms with van der Waals surface area (Å²) in [5.74, 6) is 0. The van der Waals surface area contributed by atoms with Gasteiger partial charge in [-0.2, -0.15) is 0 Å². The zero-order valence-electron chi connectivity index (χ0n) is 16.0. The van der Waals surface area contributed by atoms with Crippen LogP contribution in [0.3, 0.4) is 0 Å². The lowest BCUT2D eigenvalue weighted by molar-refractivity contribution is 0.124. The Morgan fingerprint density at radius 2 is 1.79 bits per heavy atom. The van der Waals surface area contributed by atoms with Crippen LogP contribution in [0.15, 0.2) is 48.5 Å². The fourth-order valence-electron chi connectivity index (χ4n) is 2.85. The highest BCUT2D eigenvalue weighted by atomic mass is 35.5. The molecule has 0 spiro atoms. The van der Waals surface area contributed by atoms with Crippen molar-refractivity contribution in [3.05, 3.63) is 64.7 Å².